The van der Waals surface area contributed by atoms with Gasteiger partial charge in [-0.1, -0.05) is 29.8 Å². The number of benzene rings is 2. The molecule has 1 aromatic heterocycles. The molecule has 0 fully saturated rings. The minimum atomic E-state index is 0.602. The fourth-order valence-corrected chi connectivity index (χ4v) is 2.31. The number of aryl methyl sites for hydroxylation is 1. The lowest BCUT2D eigenvalue weighted by Crippen LogP contribution is -2.10. The van der Waals surface area contributed by atoms with E-state index in [1.165, 1.54) is 0 Å². The fourth-order valence-electron chi connectivity index (χ4n) is 2.14. The molecule has 0 saturated carbocycles. The summed E-state index contributed by atoms with van der Waals surface area (Å²) in [7, 11) is 0. The number of anilines is 1. The maximum Gasteiger partial charge on any atom is 0.162 e. The molecule has 0 amide bonds. The van der Waals surface area contributed by atoms with Gasteiger partial charge in [0.15, 0.2) is 11.6 Å². The van der Waals surface area contributed by atoms with Crippen LogP contribution in [0.2, 0.25) is 5.02 Å². The quantitative estimate of drug-likeness (QED) is 0.558. The molecule has 100 valence electrons. The summed E-state index contributed by atoms with van der Waals surface area (Å²) in [5, 5.41) is 1.54. The zero-order chi connectivity index (χ0) is 14.1. The second kappa shape index (κ2) is 5.07. The van der Waals surface area contributed by atoms with E-state index in [-0.39, 0.29) is 0 Å². The lowest BCUT2D eigenvalue weighted by Gasteiger charge is -2.10. The molecule has 0 spiro atoms. The van der Waals surface area contributed by atoms with E-state index in [1.54, 1.807) is 0 Å². The standard InChI is InChI=1S/C15H13ClN4/c1-9-6-7-10(16)8-12(9)14-18-13-5-3-2-4-11(13)15(19-14)20-17/h2-8H,17H2,1H3,(H,18,19,20). The van der Waals surface area contributed by atoms with Gasteiger partial charge >= 0.3 is 0 Å². The van der Waals surface area contributed by atoms with Crippen molar-refractivity contribution in [1.82, 2.24) is 9.97 Å². The molecule has 0 unspecified atom stereocenters. The summed E-state index contributed by atoms with van der Waals surface area (Å²) in [6.07, 6.45) is 0. The van der Waals surface area contributed by atoms with Gasteiger partial charge in [0.2, 0.25) is 0 Å². The summed E-state index contributed by atoms with van der Waals surface area (Å²) in [5.74, 6) is 6.77. The average molecular weight is 285 g/mol. The largest absolute Gasteiger partial charge is 0.308 e. The molecule has 20 heavy (non-hydrogen) atoms. The lowest BCUT2D eigenvalue weighted by atomic mass is 10.1. The van der Waals surface area contributed by atoms with E-state index in [4.69, 9.17) is 17.4 Å². The zero-order valence-electron chi connectivity index (χ0n) is 10.9. The molecule has 3 aromatic rings. The topological polar surface area (TPSA) is 63.8 Å². The Hall–Kier alpha value is -2.17. The third kappa shape index (κ3) is 2.19. The Morgan fingerprint density at radius 1 is 1.10 bits per heavy atom. The molecular weight excluding hydrogens is 272 g/mol. The summed E-state index contributed by atoms with van der Waals surface area (Å²) in [5.41, 5.74) is 5.43. The van der Waals surface area contributed by atoms with Crippen molar-refractivity contribution in [3.63, 3.8) is 0 Å². The Kier molecular flexibility index (Phi) is 3.26. The molecule has 0 aliphatic rings. The van der Waals surface area contributed by atoms with Crippen molar-refractivity contribution < 1.29 is 0 Å². The third-order valence-electron chi connectivity index (χ3n) is 3.18. The Balaban J connectivity index is 2.29. The molecule has 0 aliphatic carbocycles. The van der Waals surface area contributed by atoms with E-state index in [0.29, 0.717) is 16.7 Å². The van der Waals surface area contributed by atoms with Crippen molar-refractivity contribution >= 4 is 28.3 Å². The molecule has 0 radical (unpaired) electrons. The molecule has 5 heteroatoms. The first-order chi connectivity index (χ1) is 9.69. The molecule has 0 atom stereocenters. The molecule has 4 nitrogen and oxygen atoms in total. The van der Waals surface area contributed by atoms with Crippen LogP contribution in [0.25, 0.3) is 22.3 Å². The maximum absolute atomic E-state index is 6.06. The molecule has 0 saturated heterocycles. The first kappa shape index (κ1) is 12.8. The number of aromatic nitrogens is 2. The molecule has 1 heterocycles. The number of halogens is 1. The second-order valence-corrected chi connectivity index (χ2v) is 4.95. The van der Waals surface area contributed by atoms with Gasteiger partial charge in [0.05, 0.1) is 5.52 Å². The van der Waals surface area contributed by atoms with E-state index in [2.05, 4.69) is 15.4 Å². The van der Waals surface area contributed by atoms with Crippen LogP contribution in [0.3, 0.4) is 0 Å². The highest BCUT2D eigenvalue weighted by molar-refractivity contribution is 6.30. The highest BCUT2D eigenvalue weighted by Gasteiger charge is 2.10. The van der Waals surface area contributed by atoms with Crippen LogP contribution >= 0.6 is 11.6 Å². The number of nitrogens with two attached hydrogens (primary N) is 1. The van der Waals surface area contributed by atoms with Gasteiger partial charge in [0.1, 0.15) is 0 Å². The first-order valence-electron chi connectivity index (χ1n) is 6.19. The van der Waals surface area contributed by atoms with E-state index in [1.807, 2.05) is 49.4 Å². The number of nitrogens with zero attached hydrogens (tertiary/aromatic N) is 2. The van der Waals surface area contributed by atoms with Crippen LogP contribution in [0.1, 0.15) is 5.56 Å². The molecule has 3 rings (SSSR count). The van der Waals surface area contributed by atoms with Gasteiger partial charge in [-0.25, -0.2) is 15.8 Å². The van der Waals surface area contributed by atoms with Crippen molar-refractivity contribution in [1.29, 1.82) is 0 Å². The highest BCUT2D eigenvalue weighted by Crippen LogP contribution is 2.28. The number of para-hydroxylation sites is 1. The third-order valence-corrected chi connectivity index (χ3v) is 3.42. The molecule has 0 aliphatic heterocycles. The van der Waals surface area contributed by atoms with Crippen LogP contribution in [-0.4, -0.2) is 9.97 Å². The Labute approximate surface area is 121 Å². The van der Waals surface area contributed by atoms with Crippen molar-refractivity contribution in [2.24, 2.45) is 5.84 Å². The van der Waals surface area contributed by atoms with Gasteiger partial charge in [-0.05, 0) is 36.8 Å². The highest BCUT2D eigenvalue weighted by atomic mass is 35.5. The van der Waals surface area contributed by atoms with Crippen LogP contribution < -0.4 is 11.3 Å². The van der Waals surface area contributed by atoms with E-state index >= 15 is 0 Å². The van der Waals surface area contributed by atoms with Gasteiger partial charge < -0.3 is 5.43 Å². The predicted octanol–water partition coefficient (Wildman–Crippen LogP) is 3.54. The molecule has 0 bridgehead atoms. The SMILES string of the molecule is Cc1ccc(Cl)cc1-c1nc(NN)c2ccccc2n1. The van der Waals surface area contributed by atoms with E-state index in [9.17, 15) is 0 Å². The molecular formula is C15H13ClN4. The van der Waals surface area contributed by atoms with Crippen LogP contribution in [0.15, 0.2) is 42.5 Å². The van der Waals surface area contributed by atoms with Crippen molar-refractivity contribution in [3.05, 3.63) is 53.1 Å². The Bertz CT molecular complexity index is 786. The average Bonchev–Trinajstić information content (AvgIpc) is 2.48. The number of rotatable bonds is 2. The number of fused-ring (bicyclic) bond motifs is 1. The summed E-state index contributed by atoms with van der Waals surface area (Å²) in [4.78, 5) is 9.08. The second-order valence-electron chi connectivity index (χ2n) is 4.52. The van der Waals surface area contributed by atoms with Gasteiger partial charge in [-0.2, -0.15) is 0 Å². The minimum absolute atomic E-state index is 0.602. The molecule has 2 aromatic carbocycles. The number of hydrogen-bond donors (Lipinski definition) is 2. The maximum atomic E-state index is 6.06. The van der Waals surface area contributed by atoms with Crippen molar-refractivity contribution in [3.8, 4) is 11.4 Å². The van der Waals surface area contributed by atoms with Gasteiger partial charge in [0.25, 0.3) is 0 Å². The van der Waals surface area contributed by atoms with Crippen molar-refractivity contribution in [2.45, 2.75) is 6.92 Å². The fraction of sp³-hybridized carbons (Fsp3) is 0.0667. The van der Waals surface area contributed by atoms with Crippen LogP contribution in [0, 0.1) is 6.92 Å². The van der Waals surface area contributed by atoms with Crippen molar-refractivity contribution in [2.75, 3.05) is 5.43 Å². The predicted molar refractivity (Wildman–Crippen MR) is 82.5 cm³/mol. The van der Waals surface area contributed by atoms with Gasteiger partial charge in [-0.3, -0.25) is 0 Å². The zero-order valence-corrected chi connectivity index (χ0v) is 11.6. The first-order valence-corrected chi connectivity index (χ1v) is 6.57. The minimum Gasteiger partial charge on any atom is -0.308 e. The lowest BCUT2D eigenvalue weighted by molar-refractivity contribution is 1.18. The number of nitrogens with one attached hydrogen (secondary N) is 1. The van der Waals surface area contributed by atoms with E-state index in [0.717, 1.165) is 22.0 Å². The van der Waals surface area contributed by atoms with Crippen LogP contribution in [0.4, 0.5) is 5.82 Å². The molecule has 3 N–H and O–H groups in total. The number of hydrogen-bond acceptors (Lipinski definition) is 4. The number of nitrogen functional groups attached to an aromatic ring is 1. The monoisotopic (exact) mass is 284 g/mol. The number of hydrazine groups is 1. The Morgan fingerprint density at radius 3 is 2.70 bits per heavy atom. The summed E-state index contributed by atoms with van der Waals surface area (Å²) in [6, 6.07) is 13.4. The summed E-state index contributed by atoms with van der Waals surface area (Å²) < 4.78 is 0. The van der Waals surface area contributed by atoms with Gasteiger partial charge in [-0.15, -0.1) is 0 Å². The van der Waals surface area contributed by atoms with Crippen LogP contribution in [0.5, 0.6) is 0 Å². The Morgan fingerprint density at radius 2 is 1.90 bits per heavy atom. The summed E-state index contributed by atoms with van der Waals surface area (Å²) >= 11 is 6.06. The van der Waals surface area contributed by atoms with Crippen LogP contribution in [-0.2, 0) is 0 Å². The van der Waals surface area contributed by atoms with Gasteiger partial charge in [0, 0.05) is 16.0 Å². The smallest absolute Gasteiger partial charge is 0.162 e. The normalized spacial score (nSPS) is 10.8. The summed E-state index contributed by atoms with van der Waals surface area (Å²) in [6.45, 7) is 2.00. The van der Waals surface area contributed by atoms with E-state index < -0.39 is 0 Å².